The van der Waals surface area contributed by atoms with E-state index in [9.17, 15) is 18.0 Å². The molecule has 1 aliphatic rings. The average Bonchev–Trinajstić information content (AvgIpc) is 2.85. The first-order valence-corrected chi connectivity index (χ1v) is 12.6. The Morgan fingerprint density at radius 1 is 1.18 bits per heavy atom. The maximum Gasteiger partial charge on any atom is 0.251 e. The molecule has 2 atom stereocenters. The fourth-order valence-electron chi connectivity index (χ4n) is 4.03. The number of hydrogen-bond donors (Lipinski definition) is 2. The van der Waals surface area contributed by atoms with Gasteiger partial charge in [0.15, 0.2) is 0 Å². The van der Waals surface area contributed by atoms with Crippen LogP contribution in [0.1, 0.15) is 29.3 Å². The van der Waals surface area contributed by atoms with Gasteiger partial charge in [0.05, 0.1) is 12.0 Å². The van der Waals surface area contributed by atoms with Gasteiger partial charge in [-0.3, -0.25) is 9.59 Å². The zero-order valence-electron chi connectivity index (χ0n) is 19.5. The van der Waals surface area contributed by atoms with Gasteiger partial charge in [-0.2, -0.15) is 4.31 Å². The second-order valence-electron chi connectivity index (χ2n) is 8.29. The molecule has 1 fully saturated rings. The molecule has 182 valence electrons. The van der Waals surface area contributed by atoms with Gasteiger partial charge in [0.25, 0.3) is 5.91 Å². The molecule has 2 aromatic carbocycles. The molecule has 34 heavy (non-hydrogen) atoms. The van der Waals surface area contributed by atoms with Gasteiger partial charge >= 0.3 is 0 Å². The number of methoxy groups -OCH3 is 1. The molecular weight excluding hydrogens is 454 g/mol. The predicted octanol–water partition coefficient (Wildman–Crippen LogP) is 2.37. The smallest absolute Gasteiger partial charge is 0.251 e. The number of sulfonamides is 1. The SMILES string of the molecule is C=CC(=O)NC1CCN(S(=O)(=O)c2ccc(C(=O)NCCc3ccccc3OC)cc2)CC1C. The topological polar surface area (TPSA) is 105 Å². The molecule has 0 saturated carbocycles. The van der Waals surface area contributed by atoms with Crippen LogP contribution in [0.25, 0.3) is 0 Å². The van der Waals surface area contributed by atoms with Crippen molar-refractivity contribution >= 4 is 21.8 Å². The van der Waals surface area contributed by atoms with Crippen molar-refractivity contribution in [2.45, 2.75) is 30.7 Å². The summed E-state index contributed by atoms with van der Waals surface area (Å²) in [7, 11) is -2.09. The summed E-state index contributed by atoms with van der Waals surface area (Å²) in [4.78, 5) is 24.2. The molecule has 2 amide bonds. The molecular formula is C25H31N3O5S. The summed E-state index contributed by atoms with van der Waals surface area (Å²) in [5, 5.41) is 5.71. The number of carbonyl (C=O) groups excluding carboxylic acids is 2. The number of amides is 2. The van der Waals surface area contributed by atoms with E-state index in [2.05, 4.69) is 17.2 Å². The van der Waals surface area contributed by atoms with Crippen molar-refractivity contribution in [1.82, 2.24) is 14.9 Å². The number of hydrogen-bond acceptors (Lipinski definition) is 5. The molecule has 2 unspecified atom stereocenters. The highest BCUT2D eigenvalue weighted by Crippen LogP contribution is 2.24. The van der Waals surface area contributed by atoms with Crippen LogP contribution in [0.3, 0.4) is 0 Å². The van der Waals surface area contributed by atoms with E-state index in [1.54, 1.807) is 7.11 Å². The highest BCUT2D eigenvalue weighted by atomic mass is 32.2. The summed E-state index contributed by atoms with van der Waals surface area (Å²) < 4.78 is 32.9. The van der Waals surface area contributed by atoms with Gasteiger partial charge in [0.1, 0.15) is 5.75 Å². The van der Waals surface area contributed by atoms with Crippen LogP contribution in [0, 0.1) is 5.92 Å². The molecule has 2 aromatic rings. The highest BCUT2D eigenvalue weighted by molar-refractivity contribution is 7.89. The molecule has 1 aliphatic heterocycles. The summed E-state index contributed by atoms with van der Waals surface area (Å²) in [5.74, 6) is 0.199. The van der Waals surface area contributed by atoms with Crippen molar-refractivity contribution in [3.63, 3.8) is 0 Å². The Morgan fingerprint density at radius 2 is 1.88 bits per heavy atom. The van der Waals surface area contributed by atoms with Gasteiger partial charge in [-0.25, -0.2) is 8.42 Å². The number of para-hydroxylation sites is 1. The van der Waals surface area contributed by atoms with E-state index in [0.29, 0.717) is 38.0 Å². The molecule has 0 aromatic heterocycles. The molecule has 0 aliphatic carbocycles. The van der Waals surface area contributed by atoms with E-state index in [1.165, 1.54) is 34.6 Å². The number of piperidine rings is 1. The third-order valence-corrected chi connectivity index (χ3v) is 7.89. The van der Waals surface area contributed by atoms with Gasteiger partial charge < -0.3 is 15.4 Å². The summed E-state index contributed by atoms with van der Waals surface area (Å²) in [6, 6.07) is 13.5. The maximum atomic E-state index is 13.1. The molecule has 8 nitrogen and oxygen atoms in total. The van der Waals surface area contributed by atoms with Crippen LogP contribution < -0.4 is 15.4 Å². The van der Waals surface area contributed by atoms with Crippen LogP contribution in [0.15, 0.2) is 66.1 Å². The summed E-state index contributed by atoms with van der Waals surface area (Å²) in [6.07, 6.45) is 2.35. The van der Waals surface area contributed by atoms with E-state index >= 15 is 0 Å². The van der Waals surface area contributed by atoms with Gasteiger partial charge in [0, 0.05) is 31.2 Å². The average molecular weight is 486 g/mol. The van der Waals surface area contributed by atoms with Crippen LogP contribution in [-0.2, 0) is 21.2 Å². The lowest BCUT2D eigenvalue weighted by Gasteiger charge is -2.36. The van der Waals surface area contributed by atoms with Crippen LogP contribution >= 0.6 is 0 Å². The van der Waals surface area contributed by atoms with E-state index < -0.39 is 10.0 Å². The van der Waals surface area contributed by atoms with Crippen molar-refractivity contribution in [3.8, 4) is 5.75 Å². The number of benzene rings is 2. The number of nitrogens with one attached hydrogen (secondary N) is 2. The van der Waals surface area contributed by atoms with Crippen molar-refractivity contribution in [3.05, 3.63) is 72.3 Å². The Balaban J connectivity index is 1.58. The standard InChI is InChI=1S/C25H31N3O5S/c1-4-24(29)27-22-14-16-28(17-18(22)2)34(31,32)21-11-9-20(10-12-21)25(30)26-15-13-19-7-5-6-8-23(19)33-3/h4-12,18,22H,1,13-17H2,2-3H3,(H,26,30)(H,27,29). The van der Waals surface area contributed by atoms with Gasteiger partial charge in [-0.05, 0) is 60.7 Å². The van der Waals surface area contributed by atoms with E-state index in [4.69, 9.17) is 4.74 Å². The van der Waals surface area contributed by atoms with Crippen LogP contribution in [0.4, 0.5) is 0 Å². The number of nitrogens with zero attached hydrogens (tertiary/aromatic N) is 1. The second kappa shape index (κ2) is 11.3. The molecule has 2 N–H and O–H groups in total. The molecule has 0 bridgehead atoms. The zero-order valence-corrected chi connectivity index (χ0v) is 20.3. The Bertz CT molecular complexity index is 1130. The van der Waals surface area contributed by atoms with Crippen molar-refractivity contribution in [2.75, 3.05) is 26.7 Å². The fourth-order valence-corrected chi connectivity index (χ4v) is 5.59. The number of carbonyl (C=O) groups is 2. The largest absolute Gasteiger partial charge is 0.496 e. The Morgan fingerprint density at radius 3 is 2.53 bits per heavy atom. The van der Waals surface area contributed by atoms with Crippen molar-refractivity contribution in [2.24, 2.45) is 5.92 Å². The van der Waals surface area contributed by atoms with Crippen LogP contribution in [0.2, 0.25) is 0 Å². The van der Waals surface area contributed by atoms with E-state index in [-0.39, 0.29) is 28.7 Å². The first-order chi connectivity index (χ1) is 16.3. The Kier molecular flexibility index (Phi) is 8.46. The zero-order chi connectivity index (χ0) is 24.7. The maximum absolute atomic E-state index is 13.1. The number of ether oxygens (including phenoxy) is 1. The molecule has 0 spiro atoms. The van der Waals surface area contributed by atoms with Crippen molar-refractivity contribution < 1.29 is 22.7 Å². The summed E-state index contributed by atoms with van der Waals surface area (Å²) >= 11 is 0. The normalized spacial score (nSPS) is 18.6. The third kappa shape index (κ3) is 6.03. The van der Waals surface area contributed by atoms with Gasteiger partial charge in [-0.1, -0.05) is 31.7 Å². The molecule has 3 rings (SSSR count). The lowest BCUT2D eigenvalue weighted by molar-refractivity contribution is -0.117. The van der Waals surface area contributed by atoms with Gasteiger partial charge in [0.2, 0.25) is 15.9 Å². The monoisotopic (exact) mass is 485 g/mol. The van der Waals surface area contributed by atoms with Crippen molar-refractivity contribution in [1.29, 1.82) is 0 Å². The van der Waals surface area contributed by atoms with Gasteiger partial charge in [-0.15, -0.1) is 0 Å². The number of rotatable bonds is 9. The predicted molar refractivity (Wildman–Crippen MR) is 130 cm³/mol. The molecule has 0 radical (unpaired) electrons. The minimum Gasteiger partial charge on any atom is -0.496 e. The minimum atomic E-state index is -3.70. The summed E-state index contributed by atoms with van der Waals surface area (Å²) in [6.45, 7) is 6.39. The summed E-state index contributed by atoms with van der Waals surface area (Å²) in [5.41, 5.74) is 1.38. The second-order valence-corrected chi connectivity index (χ2v) is 10.2. The van der Waals surface area contributed by atoms with E-state index in [0.717, 1.165) is 11.3 Å². The fraction of sp³-hybridized carbons (Fsp3) is 0.360. The Labute approximate surface area is 201 Å². The minimum absolute atomic E-state index is 0.0410. The lowest BCUT2D eigenvalue weighted by Crippen LogP contribution is -2.51. The third-order valence-electron chi connectivity index (χ3n) is 6.01. The molecule has 9 heteroatoms. The lowest BCUT2D eigenvalue weighted by atomic mass is 9.95. The quantitative estimate of drug-likeness (QED) is 0.531. The van der Waals surface area contributed by atoms with Crippen LogP contribution in [-0.4, -0.2) is 57.3 Å². The molecule has 1 heterocycles. The molecule has 1 saturated heterocycles. The first-order valence-electron chi connectivity index (χ1n) is 11.2. The highest BCUT2D eigenvalue weighted by Gasteiger charge is 2.34. The first kappa shape index (κ1) is 25.5. The Hall–Kier alpha value is -3.17. The van der Waals surface area contributed by atoms with Crippen LogP contribution in [0.5, 0.6) is 5.75 Å². The van der Waals surface area contributed by atoms with E-state index in [1.807, 2.05) is 31.2 Å².